The Morgan fingerprint density at radius 3 is 2.18 bits per heavy atom. The largest absolute Gasteiger partial charge is 0.478 e. The molecule has 1 aromatic heterocycles. The van der Waals surface area contributed by atoms with Crippen LogP contribution in [0.15, 0.2) is 100 Å². The van der Waals surface area contributed by atoms with E-state index in [-0.39, 0.29) is 39.2 Å². The minimum Gasteiger partial charge on any atom is -0.478 e. The Bertz CT molecular complexity index is 1600. The minimum absolute atomic E-state index is 0.0556. The Kier molecular flexibility index (Phi) is 7.34. The molecule has 0 atom stereocenters. The lowest BCUT2D eigenvalue weighted by Gasteiger charge is -2.12. The summed E-state index contributed by atoms with van der Waals surface area (Å²) in [5.41, 5.74) is -0.581. The second-order valence-corrected chi connectivity index (χ2v) is 9.29. The zero-order valence-corrected chi connectivity index (χ0v) is 19.9. The summed E-state index contributed by atoms with van der Waals surface area (Å²) in [5, 5.41) is 20.2. The van der Waals surface area contributed by atoms with Gasteiger partial charge in [-0.15, -0.1) is 0 Å². The molecule has 0 radical (unpaired) electrons. The first kappa shape index (κ1) is 26.2. The molecule has 0 aliphatic heterocycles. The van der Waals surface area contributed by atoms with E-state index in [1.165, 1.54) is 73.1 Å². The third-order valence-corrected chi connectivity index (χ3v) is 6.27. The summed E-state index contributed by atoms with van der Waals surface area (Å²) in [7, 11) is -3.94. The van der Waals surface area contributed by atoms with Gasteiger partial charge in [-0.3, -0.25) is 0 Å². The van der Waals surface area contributed by atoms with Crippen LogP contribution < -0.4 is 10.0 Å². The molecule has 10 nitrogen and oxygen atoms in total. The van der Waals surface area contributed by atoms with E-state index in [1.807, 2.05) is 0 Å². The van der Waals surface area contributed by atoms with E-state index in [9.17, 15) is 31.5 Å². The van der Waals surface area contributed by atoms with Crippen molar-refractivity contribution in [3.63, 3.8) is 0 Å². The van der Waals surface area contributed by atoms with E-state index in [0.717, 1.165) is 12.1 Å². The molecule has 0 amide bonds. The molecule has 0 bridgehead atoms. The molecular weight excluding hydrogens is 525 g/mol. The van der Waals surface area contributed by atoms with Gasteiger partial charge in [0.25, 0.3) is 10.0 Å². The number of carboxylic acid groups (broad SMARTS) is 1. The Morgan fingerprint density at radius 1 is 0.868 bits per heavy atom. The quantitative estimate of drug-likeness (QED) is 0.226. The van der Waals surface area contributed by atoms with Crippen molar-refractivity contribution >= 4 is 44.7 Å². The fraction of sp³-hybridized carbons (Fsp3) is 0.0417. The molecular formula is C24H17F3N6O4S. The summed E-state index contributed by atoms with van der Waals surface area (Å²) in [6, 6.07) is 15.2. The zero-order valence-electron chi connectivity index (χ0n) is 19.1. The number of halogens is 3. The predicted molar refractivity (Wildman–Crippen MR) is 132 cm³/mol. The first-order valence-electron chi connectivity index (χ1n) is 10.6. The van der Waals surface area contributed by atoms with E-state index in [1.54, 1.807) is 0 Å². The summed E-state index contributed by atoms with van der Waals surface area (Å²) >= 11 is 0. The van der Waals surface area contributed by atoms with Crippen molar-refractivity contribution in [2.45, 2.75) is 11.1 Å². The van der Waals surface area contributed by atoms with Crippen LogP contribution in [0.1, 0.15) is 15.9 Å². The van der Waals surface area contributed by atoms with Gasteiger partial charge in [-0.1, -0.05) is 6.07 Å². The highest BCUT2D eigenvalue weighted by Gasteiger charge is 2.30. The van der Waals surface area contributed by atoms with Crippen molar-refractivity contribution in [2.75, 3.05) is 10.0 Å². The third kappa shape index (κ3) is 6.47. The molecule has 3 N–H and O–H groups in total. The molecule has 0 aliphatic carbocycles. The summed E-state index contributed by atoms with van der Waals surface area (Å²) in [4.78, 5) is 19.3. The minimum atomic E-state index is -4.55. The molecule has 194 valence electrons. The number of carboxylic acids is 1. The van der Waals surface area contributed by atoms with Gasteiger partial charge in [-0.25, -0.2) is 27.9 Å². The van der Waals surface area contributed by atoms with Crippen LogP contribution in [0.4, 0.5) is 41.9 Å². The topological polar surface area (TPSA) is 146 Å². The lowest BCUT2D eigenvalue weighted by molar-refractivity contribution is -0.137. The van der Waals surface area contributed by atoms with Gasteiger partial charge in [-0.2, -0.15) is 23.4 Å². The number of sulfonamides is 1. The molecule has 4 aromatic rings. The molecule has 0 saturated heterocycles. The van der Waals surface area contributed by atoms with Gasteiger partial charge in [0.15, 0.2) is 0 Å². The second kappa shape index (κ2) is 10.6. The van der Waals surface area contributed by atoms with Gasteiger partial charge >= 0.3 is 12.1 Å². The van der Waals surface area contributed by atoms with E-state index < -0.39 is 27.7 Å². The smallest absolute Gasteiger partial charge is 0.416 e. The predicted octanol–water partition coefficient (Wildman–Crippen LogP) is 6.15. The molecule has 0 unspecified atom stereocenters. The molecule has 0 saturated carbocycles. The second-order valence-electron chi connectivity index (χ2n) is 7.61. The Balaban J connectivity index is 1.50. The first-order valence-corrected chi connectivity index (χ1v) is 12.1. The zero-order chi connectivity index (χ0) is 27.3. The number of nitrogens with one attached hydrogen (secondary N) is 2. The lowest BCUT2D eigenvalue weighted by Crippen LogP contribution is -2.14. The maximum absolute atomic E-state index is 13.0. The molecule has 1 heterocycles. The van der Waals surface area contributed by atoms with E-state index in [2.05, 4.69) is 30.2 Å². The van der Waals surface area contributed by atoms with E-state index in [4.69, 9.17) is 0 Å². The third-order valence-electron chi connectivity index (χ3n) is 4.92. The number of anilines is 3. The highest BCUT2D eigenvalue weighted by molar-refractivity contribution is 7.92. The van der Waals surface area contributed by atoms with E-state index >= 15 is 0 Å². The van der Waals surface area contributed by atoms with Gasteiger partial charge < -0.3 is 10.4 Å². The molecule has 0 fully saturated rings. The van der Waals surface area contributed by atoms with Crippen LogP contribution in [0, 0.1) is 0 Å². The molecule has 0 spiro atoms. The lowest BCUT2D eigenvalue weighted by atomic mass is 10.1. The van der Waals surface area contributed by atoms with Gasteiger partial charge in [0.2, 0.25) is 5.95 Å². The average Bonchev–Trinajstić information content (AvgIpc) is 2.88. The summed E-state index contributed by atoms with van der Waals surface area (Å²) in [5.74, 6) is -1.42. The molecule has 14 heteroatoms. The normalized spacial score (nSPS) is 11.9. The summed E-state index contributed by atoms with van der Waals surface area (Å²) < 4.78 is 66.1. The number of azo groups is 1. The van der Waals surface area contributed by atoms with Crippen molar-refractivity contribution < 1.29 is 31.5 Å². The summed E-state index contributed by atoms with van der Waals surface area (Å²) in [6.07, 6.45) is -1.77. The first-order chi connectivity index (χ1) is 18.0. The molecule has 4 rings (SSSR count). The number of hydrogen-bond acceptors (Lipinski definition) is 8. The van der Waals surface area contributed by atoms with Gasteiger partial charge in [0.05, 0.1) is 33.1 Å². The standard InChI is InChI=1S/C24H17F3N6O4S/c25-24(26,27)15-3-1-4-17(13-15)30-21-10-7-18(14-20(21)22(34)35)32-31-16-5-8-19(9-6-16)38(36,37)33-23-28-11-2-12-29-23/h1-14,30H,(H,34,35)(H,28,29,33). The SMILES string of the molecule is O=C(O)c1cc(N=Nc2ccc(S(=O)(=O)Nc3ncccn3)cc2)ccc1Nc1cccc(C(F)(F)F)c1. The Morgan fingerprint density at radius 2 is 1.53 bits per heavy atom. The number of rotatable bonds is 8. The number of benzene rings is 3. The number of aromatic carboxylic acids is 1. The molecule has 38 heavy (non-hydrogen) atoms. The Labute approximate surface area is 214 Å². The van der Waals surface area contributed by atoms with Crippen molar-refractivity contribution in [3.8, 4) is 0 Å². The van der Waals surface area contributed by atoms with Crippen LogP contribution in [0.25, 0.3) is 0 Å². The number of nitrogens with zero attached hydrogens (tertiary/aromatic N) is 4. The van der Waals surface area contributed by atoms with Crippen LogP contribution in [0.5, 0.6) is 0 Å². The molecule has 3 aromatic carbocycles. The van der Waals surface area contributed by atoms with Crippen molar-refractivity contribution in [1.29, 1.82) is 0 Å². The highest BCUT2D eigenvalue weighted by Crippen LogP contribution is 2.33. The fourth-order valence-corrected chi connectivity index (χ4v) is 4.11. The number of aromatic nitrogens is 2. The van der Waals surface area contributed by atoms with Crippen LogP contribution >= 0.6 is 0 Å². The van der Waals surface area contributed by atoms with Crippen molar-refractivity contribution in [3.05, 3.63) is 96.3 Å². The number of hydrogen-bond donors (Lipinski definition) is 3. The summed E-state index contributed by atoms with van der Waals surface area (Å²) in [6.45, 7) is 0. The van der Waals surface area contributed by atoms with Crippen LogP contribution in [-0.2, 0) is 16.2 Å². The fourth-order valence-electron chi connectivity index (χ4n) is 3.15. The van der Waals surface area contributed by atoms with Gasteiger partial charge in [0.1, 0.15) is 0 Å². The molecule has 0 aliphatic rings. The Hall–Kier alpha value is -4.85. The maximum atomic E-state index is 13.0. The van der Waals surface area contributed by atoms with Gasteiger partial charge in [-0.05, 0) is 66.7 Å². The van der Waals surface area contributed by atoms with Crippen LogP contribution in [-0.4, -0.2) is 29.5 Å². The van der Waals surface area contributed by atoms with Crippen molar-refractivity contribution in [1.82, 2.24) is 9.97 Å². The van der Waals surface area contributed by atoms with Crippen LogP contribution in [0.3, 0.4) is 0 Å². The monoisotopic (exact) mass is 542 g/mol. The van der Waals surface area contributed by atoms with Gasteiger partial charge in [0, 0.05) is 18.1 Å². The van der Waals surface area contributed by atoms with E-state index in [0.29, 0.717) is 0 Å². The number of alkyl halides is 3. The highest BCUT2D eigenvalue weighted by atomic mass is 32.2. The maximum Gasteiger partial charge on any atom is 0.416 e. The number of carbonyl (C=O) groups is 1. The average molecular weight is 542 g/mol. The van der Waals surface area contributed by atoms with Crippen LogP contribution in [0.2, 0.25) is 0 Å². The van der Waals surface area contributed by atoms with Crippen molar-refractivity contribution in [2.24, 2.45) is 10.2 Å².